The average molecular weight is 308 g/mol. The number of nitrogens with one attached hydrogen (secondary N) is 1. The molecule has 0 saturated carbocycles. The quantitative estimate of drug-likeness (QED) is 0.687. The molecule has 0 amide bonds. The first-order chi connectivity index (χ1) is 10.2. The summed E-state index contributed by atoms with van der Waals surface area (Å²) in [6, 6.07) is 0.841. The van der Waals surface area contributed by atoms with Gasteiger partial charge in [0.25, 0.3) is 5.56 Å². The van der Waals surface area contributed by atoms with Gasteiger partial charge >= 0.3 is 5.69 Å². The molecule has 1 aromatic heterocycles. The molecule has 0 aliphatic rings. The van der Waals surface area contributed by atoms with Crippen molar-refractivity contribution in [2.75, 3.05) is 6.61 Å². The minimum atomic E-state index is -0.955. The molecule has 0 bridgehead atoms. The highest BCUT2D eigenvalue weighted by Crippen LogP contribution is 2.37. The zero-order chi connectivity index (χ0) is 17.1. The lowest BCUT2D eigenvalue weighted by Gasteiger charge is -2.39. The molecule has 122 valence electrons. The van der Waals surface area contributed by atoms with E-state index < -0.39 is 34.7 Å². The molecule has 6 heteroatoms. The van der Waals surface area contributed by atoms with Gasteiger partial charge in [0.1, 0.15) is 0 Å². The normalized spacial score (nSPS) is 17.8. The first-order valence-corrected chi connectivity index (χ1v) is 7.24. The van der Waals surface area contributed by atoms with Crippen LogP contribution in [0.2, 0.25) is 0 Å². The molecular formula is C16H24N2O4. The average Bonchev–Trinajstić information content (AvgIpc) is 2.44. The molecule has 22 heavy (non-hydrogen) atoms. The van der Waals surface area contributed by atoms with Gasteiger partial charge in [-0.1, -0.05) is 12.8 Å². The predicted octanol–water partition coefficient (Wildman–Crippen LogP) is 0.425. The second-order valence-corrected chi connectivity index (χ2v) is 5.89. The number of aromatic nitrogens is 2. The minimum Gasteiger partial charge on any atom is -0.396 e. The smallest absolute Gasteiger partial charge is 0.328 e. The van der Waals surface area contributed by atoms with Crippen LogP contribution in [0.15, 0.2) is 15.7 Å². The fraction of sp³-hybridized carbons (Fsp3) is 0.625. The number of aliphatic hydroxyl groups excluding tert-OH is 2. The Bertz CT molecular complexity index is 695. The lowest BCUT2D eigenvalue weighted by Crippen LogP contribution is -2.47. The molecule has 4 atom stereocenters. The molecular weight excluding hydrogens is 284 g/mol. The summed E-state index contributed by atoms with van der Waals surface area (Å²) in [6.07, 6.45) is -0.932. The number of aryl methyl sites for hydroxylation is 1. The second-order valence-electron chi connectivity index (χ2n) is 5.89. The molecule has 3 N–H and O–H groups in total. The van der Waals surface area contributed by atoms with Gasteiger partial charge in [0.15, 0.2) is 0 Å². The number of hydrogen-bond donors (Lipinski definition) is 3. The maximum Gasteiger partial charge on any atom is 0.328 e. The summed E-state index contributed by atoms with van der Waals surface area (Å²) in [4.78, 5) is 25.7. The third-order valence-corrected chi connectivity index (χ3v) is 4.26. The third-order valence-electron chi connectivity index (χ3n) is 4.26. The molecule has 0 aromatic carbocycles. The maximum absolute atomic E-state index is 12.1. The minimum absolute atomic E-state index is 0.186. The summed E-state index contributed by atoms with van der Waals surface area (Å²) >= 11 is 0. The van der Waals surface area contributed by atoms with Gasteiger partial charge in [-0.3, -0.25) is 14.3 Å². The lowest BCUT2D eigenvalue weighted by atomic mass is 9.73. The number of aliphatic hydroxyl groups is 2. The zero-order valence-corrected chi connectivity index (χ0v) is 13.7. The van der Waals surface area contributed by atoms with Crippen LogP contribution in [0.1, 0.15) is 39.4 Å². The molecule has 6 nitrogen and oxygen atoms in total. The van der Waals surface area contributed by atoms with E-state index in [9.17, 15) is 19.8 Å². The van der Waals surface area contributed by atoms with Crippen LogP contribution < -0.4 is 11.2 Å². The summed E-state index contributed by atoms with van der Waals surface area (Å²) in [5.74, 6) is 5.37. The van der Waals surface area contributed by atoms with E-state index in [1.54, 1.807) is 34.6 Å². The van der Waals surface area contributed by atoms with E-state index in [2.05, 4.69) is 16.8 Å². The summed E-state index contributed by atoms with van der Waals surface area (Å²) in [5, 5.41) is 19.9. The highest BCUT2D eigenvalue weighted by molar-refractivity contribution is 5.17. The number of H-pyrrole nitrogens is 1. The first-order valence-electron chi connectivity index (χ1n) is 7.24. The summed E-state index contributed by atoms with van der Waals surface area (Å²) in [6.45, 7) is 8.37. The molecule has 0 aliphatic heterocycles. The molecule has 1 rings (SSSR count). The van der Waals surface area contributed by atoms with E-state index in [0.29, 0.717) is 5.69 Å². The van der Waals surface area contributed by atoms with E-state index in [-0.39, 0.29) is 6.61 Å². The Morgan fingerprint density at radius 2 is 2.00 bits per heavy atom. The maximum atomic E-state index is 12.1. The van der Waals surface area contributed by atoms with Crippen molar-refractivity contribution in [3.63, 3.8) is 0 Å². The summed E-state index contributed by atoms with van der Waals surface area (Å²) in [5.41, 5.74) is -1.46. The first kappa shape index (κ1) is 18.2. The number of rotatable bonds is 5. The van der Waals surface area contributed by atoms with E-state index in [1.807, 2.05) is 0 Å². The lowest BCUT2D eigenvalue weighted by molar-refractivity contribution is -0.0150. The van der Waals surface area contributed by atoms with Crippen LogP contribution in [0.4, 0.5) is 0 Å². The molecule has 1 heterocycles. The van der Waals surface area contributed by atoms with Gasteiger partial charge in [-0.2, -0.15) is 0 Å². The van der Waals surface area contributed by atoms with Crippen molar-refractivity contribution >= 4 is 0 Å². The Balaban J connectivity index is 3.48. The van der Waals surface area contributed by atoms with Crippen LogP contribution in [-0.2, 0) is 0 Å². The van der Waals surface area contributed by atoms with Crippen LogP contribution in [-0.4, -0.2) is 32.5 Å². The van der Waals surface area contributed by atoms with Crippen molar-refractivity contribution < 1.29 is 10.2 Å². The van der Waals surface area contributed by atoms with Crippen LogP contribution in [0.5, 0.6) is 0 Å². The zero-order valence-electron chi connectivity index (χ0n) is 13.7. The fourth-order valence-electron chi connectivity index (χ4n) is 2.76. The van der Waals surface area contributed by atoms with Crippen LogP contribution in [0.3, 0.4) is 0 Å². The van der Waals surface area contributed by atoms with Gasteiger partial charge in [0.05, 0.1) is 17.6 Å². The Labute approximate surface area is 129 Å². The van der Waals surface area contributed by atoms with Crippen LogP contribution >= 0.6 is 0 Å². The van der Waals surface area contributed by atoms with Gasteiger partial charge in [0, 0.05) is 24.3 Å². The molecule has 2 unspecified atom stereocenters. The number of nitrogens with zero attached hydrogens (tertiary/aromatic N) is 1. The Kier molecular flexibility index (Phi) is 5.75. The Morgan fingerprint density at radius 3 is 2.45 bits per heavy atom. The van der Waals surface area contributed by atoms with Gasteiger partial charge in [-0.15, -0.1) is 5.92 Å². The topological polar surface area (TPSA) is 95.3 Å². The highest BCUT2D eigenvalue weighted by atomic mass is 16.3. The van der Waals surface area contributed by atoms with Crippen molar-refractivity contribution in [2.45, 2.75) is 46.8 Å². The van der Waals surface area contributed by atoms with Crippen LogP contribution in [0.25, 0.3) is 0 Å². The van der Waals surface area contributed by atoms with E-state index >= 15 is 0 Å². The van der Waals surface area contributed by atoms with E-state index in [4.69, 9.17) is 0 Å². The van der Waals surface area contributed by atoms with Crippen molar-refractivity contribution in [1.82, 2.24) is 9.55 Å². The summed E-state index contributed by atoms with van der Waals surface area (Å²) < 4.78 is 1.42. The van der Waals surface area contributed by atoms with Crippen LogP contribution in [0, 0.1) is 30.1 Å². The SMILES string of the molecule is CC#CC(C)(C(O)[C@H](C)CO)[C@@H](C)n1c(C)cc(=O)[nH]c1=O. The highest BCUT2D eigenvalue weighted by Gasteiger charge is 2.41. The third kappa shape index (κ3) is 3.32. The Hall–Kier alpha value is -1.84. The van der Waals surface area contributed by atoms with Crippen molar-refractivity contribution in [1.29, 1.82) is 0 Å². The van der Waals surface area contributed by atoms with Crippen molar-refractivity contribution in [2.24, 2.45) is 11.3 Å². The van der Waals surface area contributed by atoms with Crippen molar-refractivity contribution in [3.05, 3.63) is 32.6 Å². The fourth-order valence-corrected chi connectivity index (χ4v) is 2.76. The monoisotopic (exact) mass is 308 g/mol. The largest absolute Gasteiger partial charge is 0.396 e. The predicted molar refractivity (Wildman–Crippen MR) is 84.6 cm³/mol. The molecule has 0 aliphatic carbocycles. The van der Waals surface area contributed by atoms with Gasteiger partial charge in [-0.05, 0) is 27.7 Å². The molecule has 0 saturated heterocycles. The van der Waals surface area contributed by atoms with Gasteiger partial charge in [0.2, 0.25) is 0 Å². The Morgan fingerprint density at radius 1 is 1.41 bits per heavy atom. The van der Waals surface area contributed by atoms with E-state index in [0.717, 1.165) is 0 Å². The number of hydrogen-bond acceptors (Lipinski definition) is 4. The van der Waals surface area contributed by atoms with Crippen molar-refractivity contribution in [3.8, 4) is 11.8 Å². The molecule has 0 spiro atoms. The summed E-state index contributed by atoms with van der Waals surface area (Å²) in [7, 11) is 0. The van der Waals surface area contributed by atoms with E-state index in [1.165, 1.54) is 10.6 Å². The standard InChI is InChI=1S/C16H24N2O4/c1-6-7-16(5,14(21)10(2)9-19)12(4)18-11(3)8-13(20)17-15(18)22/h8,10,12,14,19,21H,9H2,1-5H3,(H,17,20,22)/t10-,12-,14?,16?/m1/s1. The molecule has 0 fully saturated rings. The second kappa shape index (κ2) is 6.95. The molecule has 1 aromatic rings. The van der Waals surface area contributed by atoms with Gasteiger partial charge in [-0.25, -0.2) is 4.79 Å². The van der Waals surface area contributed by atoms with Gasteiger partial charge < -0.3 is 10.2 Å². The number of aromatic amines is 1. The molecule has 0 radical (unpaired) electrons.